The zero-order valence-corrected chi connectivity index (χ0v) is 12.2. The molecular formula is C17H22O3. The molecule has 20 heavy (non-hydrogen) atoms. The first kappa shape index (κ1) is 13.5. The molecule has 1 aromatic rings. The van der Waals surface area contributed by atoms with Crippen LogP contribution in [-0.4, -0.2) is 20.0 Å². The first-order valence-corrected chi connectivity index (χ1v) is 7.46. The third-order valence-corrected chi connectivity index (χ3v) is 5.04. The molecule has 0 heterocycles. The summed E-state index contributed by atoms with van der Waals surface area (Å²) >= 11 is 0. The van der Waals surface area contributed by atoms with Crippen molar-refractivity contribution in [2.75, 3.05) is 14.2 Å². The molecule has 2 fully saturated rings. The van der Waals surface area contributed by atoms with E-state index in [1.165, 1.54) is 25.7 Å². The third-order valence-electron chi connectivity index (χ3n) is 5.04. The number of ketones is 1. The molecule has 2 bridgehead atoms. The summed E-state index contributed by atoms with van der Waals surface area (Å²) in [4.78, 5) is 12.6. The Labute approximate surface area is 120 Å². The van der Waals surface area contributed by atoms with Crippen LogP contribution in [0.3, 0.4) is 0 Å². The second-order valence-electron chi connectivity index (χ2n) is 6.13. The molecule has 2 saturated carbocycles. The van der Waals surface area contributed by atoms with E-state index in [1.807, 2.05) is 12.1 Å². The van der Waals surface area contributed by atoms with Crippen molar-refractivity contribution in [1.82, 2.24) is 0 Å². The van der Waals surface area contributed by atoms with E-state index in [2.05, 4.69) is 0 Å². The van der Waals surface area contributed by atoms with E-state index >= 15 is 0 Å². The van der Waals surface area contributed by atoms with Gasteiger partial charge in [0.2, 0.25) is 0 Å². The van der Waals surface area contributed by atoms with E-state index in [0.29, 0.717) is 29.4 Å². The molecule has 3 atom stereocenters. The number of hydrogen-bond acceptors (Lipinski definition) is 3. The van der Waals surface area contributed by atoms with Crippen LogP contribution in [-0.2, 0) is 0 Å². The number of Topliss-reactive ketones (excluding diaryl/α,β-unsaturated/α-hetero) is 1. The second kappa shape index (κ2) is 5.47. The fraction of sp³-hybridized carbons (Fsp3) is 0.588. The van der Waals surface area contributed by atoms with Crippen LogP contribution < -0.4 is 9.47 Å². The van der Waals surface area contributed by atoms with E-state index < -0.39 is 0 Å². The normalized spacial score (nSPS) is 27.6. The molecule has 0 spiro atoms. The molecule has 3 nitrogen and oxygen atoms in total. The summed E-state index contributed by atoms with van der Waals surface area (Å²) in [5, 5.41) is 0. The van der Waals surface area contributed by atoms with Gasteiger partial charge in [0.1, 0.15) is 11.5 Å². The van der Waals surface area contributed by atoms with Gasteiger partial charge in [-0.25, -0.2) is 0 Å². The Morgan fingerprint density at radius 3 is 2.65 bits per heavy atom. The Morgan fingerprint density at radius 2 is 2.05 bits per heavy atom. The molecule has 0 saturated heterocycles. The number of fused-ring (bicyclic) bond motifs is 2. The summed E-state index contributed by atoms with van der Waals surface area (Å²) in [6.07, 6.45) is 5.93. The maximum absolute atomic E-state index is 12.6. The topological polar surface area (TPSA) is 35.5 Å². The number of carbonyl (C=O) groups excluding carboxylic acids is 1. The zero-order chi connectivity index (χ0) is 14.1. The molecule has 3 heteroatoms. The number of methoxy groups -OCH3 is 2. The van der Waals surface area contributed by atoms with Crippen LogP contribution in [0.2, 0.25) is 0 Å². The minimum Gasteiger partial charge on any atom is -0.497 e. The first-order chi connectivity index (χ1) is 9.71. The molecule has 0 aromatic heterocycles. The van der Waals surface area contributed by atoms with E-state index in [0.717, 1.165) is 11.8 Å². The summed E-state index contributed by atoms with van der Waals surface area (Å²) in [7, 11) is 3.22. The van der Waals surface area contributed by atoms with Gasteiger partial charge >= 0.3 is 0 Å². The van der Waals surface area contributed by atoms with Crippen molar-refractivity contribution in [3.8, 4) is 11.5 Å². The lowest BCUT2D eigenvalue weighted by atomic mass is 9.84. The molecule has 0 radical (unpaired) electrons. The number of hydrogen-bond donors (Lipinski definition) is 0. The smallest absolute Gasteiger partial charge is 0.167 e. The van der Waals surface area contributed by atoms with E-state index in [4.69, 9.17) is 9.47 Å². The monoisotopic (exact) mass is 274 g/mol. The van der Waals surface area contributed by atoms with Crippen LogP contribution in [0, 0.1) is 17.8 Å². The van der Waals surface area contributed by atoms with Crippen molar-refractivity contribution in [2.24, 2.45) is 17.8 Å². The van der Waals surface area contributed by atoms with Crippen LogP contribution in [0.1, 0.15) is 42.5 Å². The summed E-state index contributed by atoms with van der Waals surface area (Å²) in [5.41, 5.74) is 0.662. The van der Waals surface area contributed by atoms with Crippen LogP contribution >= 0.6 is 0 Å². The maximum Gasteiger partial charge on any atom is 0.167 e. The SMILES string of the molecule is COc1ccc(OC)c(C(=O)CC2CC3CCC2C3)c1. The second-order valence-corrected chi connectivity index (χ2v) is 6.13. The maximum atomic E-state index is 12.6. The Bertz CT molecular complexity index is 509. The summed E-state index contributed by atoms with van der Waals surface area (Å²) in [6, 6.07) is 5.44. The molecule has 3 unspecified atom stereocenters. The van der Waals surface area contributed by atoms with Gasteiger partial charge in [-0.1, -0.05) is 6.42 Å². The molecule has 0 aliphatic heterocycles. The average molecular weight is 274 g/mol. The largest absolute Gasteiger partial charge is 0.497 e. The highest BCUT2D eigenvalue weighted by Gasteiger charge is 2.40. The van der Waals surface area contributed by atoms with Gasteiger partial charge in [-0.05, 0) is 55.2 Å². The lowest BCUT2D eigenvalue weighted by molar-refractivity contribution is 0.0941. The highest BCUT2D eigenvalue weighted by atomic mass is 16.5. The molecule has 2 aliphatic carbocycles. The van der Waals surface area contributed by atoms with Crippen molar-refractivity contribution < 1.29 is 14.3 Å². The predicted octanol–water partition coefficient (Wildman–Crippen LogP) is 3.71. The van der Waals surface area contributed by atoms with Crippen molar-refractivity contribution in [1.29, 1.82) is 0 Å². The van der Waals surface area contributed by atoms with Crippen LogP contribution in [0.25, 0.3) is 0 Å². The Hall–Kier alpha value is -1.51. The average Bonchev–Trinajstić information content (AvgIpc) is 3.09. The highest BCUT2D eigenvalue weighted by molar-refractivity contribution is 5.99. The van der Waals surface area contributed by atoms with Crippen LogP contribution in [0.4, 0.5) is 0 Å². The zero-order valence-electron chi connectivity index (χ0n) is 12.2. The molecule has 108 valence electrons. The van der Waals surface area contributed by atoms with Gasteiger partial charge < -0.3 is 9.47 Å². The molecule has 2 aliphatic rings. The first-order valence-electron chi connectivity index (χ1n) is 7.46. The fourth-order valence-electron chi connectivity index (χ4n) is 4.01. The molecular weight excluding hydrogens is 252 g/mol. The lowest BCUT2D eigenvalue weighted by Crippen LogP contribution is -2.16. The van der Waals surface area contributed by atoms with Gasteiger partial charge in [-0.15, -0.1) is 0 Å². The van der Waals surface area contributed by atoms with Gasteiger partial charge in [0, 0.05) is 6.42 Å². The number of ether oxygens (including phenoxy) is 2. The highest BCUT2D eigenvalue weighted by Crippen LogP contribution is 2.50. The summed E-state index contributed by atoms with van der Waals surface area (Å²) < 4.78 is 10.5. The number of benzene rings is 1. The van der Waals surface area contributed by atoms with Gasteiger partial charge in [0.15, 0.2) is 5.78 Å². The lowest BCUT2D eigenvalue weighted by Gasteiger charge is -2.21. The fourth-order valence-corrected chi connectivity index (χ4v) is 4.01. The van der Waals surface area contributed by atoms with Crippen LogP contribution in [0.15, 0.2) is 18.2 Å². The number of rotatable bonds is 5. The third kappa shape index (κ3) is 2.41. The Balaban J connectivity index is 1.76. The molecule has 3 rings (SSSR count). The van der Waals surface area contributed by atoms with Crippen LogP contribution in [0.5, 0.6) is 11.5 Å². The minimum atomic E-state index is 0.193. The molecule has 1 aromatic carbocycles. The van der Waals surface area contributed by atoms with Gasteiger partial charge in [-0.2, -0.15) is 0 Å². The predicted molar refractivity (Wildman–Crippen MR) is 77.4 cm³/mol. The summed E-state index contributed by atoms with van der Waals surface area (Å²) in [5.74, 6) is 3.79. The molecule has 0 N–H and O–H groups in total. The Kier molecular flexibility index (Phi) is 3.68. The molecule has 0 amide bonds. The van der Waals surface area contributed by atoms with Crippen molar-refractivity contribution >= 4 is 5.78 Å². The van der Waals surface area contributed by atoms with Gasteiger partial charge in [0.05, 0.1) is 19.8 Å². The van der Waals surface area contributed by atoms with Crippen molar-refractivity contribution in [3.63, 3.8) is 0 Å². The van der Waals surface area contributed by atoms with Crippen molar-refractivity contribution in [3.05, 3.63) is 23.8 Å². The standard InChI is InChI=1S/C17H22O3/c1-19-14-5-6-17(20-2)15(10-14)16(18)9-13-8-11-3-4-12(13)7-11/h5-6,10-13H,3-4,7-9H2,1-2H3. The van der Waals surface area contributed by atoms with E-state index in [-0.39, 0.29) is 5.78 Å². The Morgan fingerprint density at radius 1 is 1.20 bits per heavy atom. The van der Waals surface area contributed by atoms with Crippen molar-refractivity contribution in [2.45, 2.75) is 32.1 Å². The van der Waals surface area contributed by atoms with Gasteiger partial charge in [-0.3, -0.25) is 4.79 Å². The summed E-state index contributed by atoms with van der Waals surface area (Å²) in [6.45, 7) is 0. The van der Waals surface area contributed by atoms with Gasteiger partial charge in [0.25, 0.3) is 0 Å². The van der Waals surface area contributed by atoms with E-state index in [1.54, 1.807) is 20.3 Å². The van der Waals surface area contributed by atoms with E-state index in [9.17, 15) is 4.79 Å². The minimum absolute atomic E-state index is 0.193. The number of carbonyl (C=O) groups is 1. The quantitative estimate of drug-likeness (QED) is 0.768.